The van der Waals surface area contributed by atoms with Crippen LogP contribution in [0.5, 0.6) is 0 Å². The van der Waals surface area contributed by atoms with E-state index in [-0.39, 0.29) is 18.3 Å². The quantitative estimate of drug-likeness (QED) is 0.543. The van der Waals surface area contributed by atoms with Gasteiger partial charge in [-0.1, -0.05) is 27.7 Å². The van der Waals surface area contributed by atoms with Gasteiger partial charge in [-0.25, -0.2) is 17.6 Å². The van der Waals surface area contributed by atoms with Gasteiger partial charge in [0.05, 0.1) is 6.42 Å². The van der Waals surface area contributed by atoms with Crippen molar-refractivity contribution in [1.82, 2.24) is 0 Å². The monoisotopic (exact) mass is 242 g/mol. The van der Waals surface area contributed by atoms with Crippen molar-refractivity contribution in [3.8, 4) is 0 Å². The summed E-state index contributed by atoms with van der Waals surface area (Å²) < 4.78 is 52.9. The zero-order chi connectivity index (χ0) is 13.0. The summed E-state index contributed by atoms with van der Waals surface area (Å²) in [6.45, 7) is 6.84. The maximum atomic E-state index is 13.3. The summed E-state index contributed by atoms with van der Waals surface area (Å²) in [6.07, 6.45) is -1.95. The molecule has 16 heavy (non-hydrogen) atoms. The van der Waals surface area contributed by atoms with Crippen LogP contribution in [0.2, 0.25) is 0 Å². The molecule has 0 spiro atoms. The third kappa shape index (κ3) is 7.94. The van der Waals surface area contributed by atoms with Crippen molar-refractivity contribution in [3.05, 3.63) is 0 Å². The molecule has 0 aromatic carbocycles. The van der Waals surface area contributed by atoms with E-state index < -0.39 is 31.1 Å². The Kier molecular flexibility index (Phi) is 5.77. The standard InChI is InChI=1S/C12H22F4/c1-9(2)5-6-11(13,14)8-12(15,16)7-10(3)4/h9-10H,5-8H2,1-4H3. The Balaban J connectivity index is 4.22. The Bertz CT molecular complexity index is 197. The van der Waals surface area contributed by atoms with E-state index in [9.17, 15) is 17.6 Å². The fourth-order valence-corrected chi connectivity index (χ4v) is 1.64. The lowest BCUT2D eigenvalue weighted by Crippen LogP contribution is -2.30. The van der Waals surface area contributed by atoms with Gasteiger partial charge in [0.1, 0.15) is 0 Å². The molecule has 0 aromatic heterocycles. The highest BCUT2D eigenvalue weighted by atomic mass is 19.3. The van der Waals surface area contributed by atoms with Gasteiger partial charge in [-0.3, -0.25) is 0 Å². The summed E-state index contributed by atoms with van der Waals surface area (Å²) in [5.74, 6) is -6.65. The molecule has 0 unspecified atom stereocenters. The number of halogens is 4. The van der Waals surface area contributed by atoms with E-state index in [4.69, 9.17) is 0 Å². The van der Waals surface area contributed by atoms with Crippen molar-refractivity contribution in [2.45, 2.75) is 65.2 Å². The molecule has 0 saturated heterocycles. The van der Waals surface area contributed by atoms with Gasteiger partial charge < -0.3 is 0 Å². The third-order valence-electron chi connectivity index (χ3n) is 2.31. The lowest BCUT2D eigenvalue weighted by atomic mass is 9.95. The van der Waals surface area contributed by atoms with E-state index in [0.717, 1.165) is 0 Å². The lowest BCUT2D eigenvalue weighted by molar-refractivity contribution is -0.123. The average molecular weight is 242 g/mol. The second-order valence-electron chi connectivity index (χ2n) is 5.42. The summed E-state index contributed by atoms with van der Waals surface area (Å²) >= 11 is 0. The normalized spacial score (nSPS) is 13.9. The number of alkyl halides is 4. The highest BCUT2D eigenvalue weighted by Gasteiger charge is 2.42. The predicted octanol–water partition coefficient (Wildman–Crippen LogP) is 5.13. The van der Waals surface area contributed by atoms with E-state index in [0.29, 0.717) is 0 Å². The minimum atomic E-state index is -3.26. The van der Waals surface area contributed by atoms with Crippen LogP contribution in [0, 0.1) is 11.8 Å². The molecule has 0 nitrogen and oxygen atoms in total. The highest BCUT2D eigenvalue weighted by Crippen LogP contribution is 2.37. The minimum Gasteiger partial charge on any atom is -0.207 e. The summed E-state index contributed by atoms with van der Waals surface area (Å²) in [6, 6.07) is 0. The van der Waals surface area contributed by atoms with Crippen LogP contribution in [0.3, 0.4) is 0 Å². The Morgan fingerprint density at radius 2 is 1.31 bits per heavy atom. The molecule has 98 valence electrons. The van der Waals surface area contributed by atoms with Crippen molar-refractivity contribution in [1.29, 1.82) is 0 Å². The van der Waals surface area contributed by atoms with Crippen molar-refractivity contribution in [2.24, 2.45) is 11.8 Å². The van der Waals surface area contributed by atoms with Gasteiger partial charge in [0, 0.05) is 12.8 Å². The van der Waals surface area contributed by atoms with E-state index in [1.165, 1.54) is 0 Å². The molecule has 0 rings (SSSR count). The van der Waals surface area contributed by atoms with Gasteiger partial charge in [-0.15, -0.1) is 0 Å². The smallest absolute Gasteiger partial charge is 0.207 e. The van der Waals surface area contributed by atoms with Crippen molar-refractivity contribution in [2.75, 3.05) is 0 Å². The Morgan fingerprint density at radius 3 is 1.69 bits per heavy atom. The van der Waals surface area contributed by atoms with Crippen LogP contribution in [0.1, 0.15) is 53.4 Å². The predicted molar refractivity (Wildman–Crippen MR) is 58.0 cm³/mol. The van der Waals surface area contributed by atoms with Gasteiger partial charge in [-0.2, -0.15) is 0 Å². The van der Waals surface area contributed by atoms with Crippen LogP contribution in [-0.4, -0.2) is 11.8 Å². The molecule has 0 fully saturated rings. The van der Waals surface area contributed by atoms with Crippen LogP contribution >= 0.6 is 0 Å². The maximum absolute atomic E-state index is 13.3. The van der Waals surface area contributed by atoms with Crippen LogP contribution in [0.4, 0.5) is 17.6 Å². The third-order valence-corrected chi connectivity index (χ3v) is 2.31. The van der Waals surface area contributed by atoms with Crippen LogP contribution < -0.4 is 0 Å². The fraction of sp³-hybridized carbons (Fsp3) is 1.00. The number of hydrogen-bond donors (Lipinski definition) is 0. The van der Waals surface area contributed by atoms with Gasteiger partial charge in [0.15, 0.2) is 0 Å². The Morgan fingerprint density at radius 1 is 0.812 bits per heavy atom. The Labute approximate surface area is 95.4 Å². The molecule has 0 aromatic rings. The van der Waals surface area contributed by atoms with Gasteiger partial charge in [0.25, 0.3) is 11.8 Å². The van der Waals surface area contributed by atoms with E-state index >= 15 is 0 Å². The van der Waals surface area contributed by atoms with Crippen molar-refractivity contribution < 1.29 is 17.6 Å². The zero-order valence-electron chi connectivity index (χ0n) is 10.5. The molecule has 0 heterocycles. The lowest BCUT2D eigenvalue weighted by Gasteiger charge is -2.24. The fourth-order valence-electron chi connectivity index (χ4n) is 1.64. The Hall–Kier alpha value is -0.280. The molecule has 0 atom stereocenters. The van der Waals surface area contributed by atoms with E-state index in [1.54, 1.807) is 13.8 Å². The first-order chi connectivity index (χ1) is 7.04. The van der Waals surface area contributed by atoms with Crippen LogP contribution in [0.25, 0.3) is 0 Å². The van der Waals surface area contributed by atoms with E-state index in [1.807, 2.05) is 13.8 Å². The van der Waals surface area contributed by atoms with E-state index in [2.05, 4.69) is 0 Å². The minimum absolute atomic E-state index is 0.115. The molecular formula is C12H22F4. The first-order valence-corrected chi connectivity index (χ1v) is 5.80. The molecule has 4 heteroatoms. The second-order valence-corrected chi connectivity index (χ2v) is 5.42. The average Bonchev–Trinajstić information content (AvgIpc) is 1.95. The summed E-state index contributed by atoms with van der Waals surface area (Å²) in [7, 11) is 0. The SMILES string of the molecule is CC(C)CCC(F)(F)CC(F)(F)CC(C)C. The molecule has 0 aliphatic carbocycles. The molecule has 0 aliphatic rings. The molecule has 0 N–H and O–H groups in total. The molecule has 0 amide bonds. The van der Waals surface area contributed by atoms with Crippen molar-refractivity contribution in [3.63, 3.8) is 0 Å². The topological polar surface area (TPSA) is 0 Å². The first-order valence-electron chi connectivity index (χ1n) is 5.80. The number of hydrogen-bond acceptors (Lipinski definition) is 0. The molecule has 0 aliphatic heterocycles. The molecule has 0 radical (unpaired) electrons. The van der Waals surface area contributed by atoms with Crippen molar-refractivity contribution >= 4 is 0 Å². The molecule has 0 saturated carbocycles. The second kappa shape index (κ2) is 5.87. The zero-order valence-corrected chi connectivity index (χ0v) is 10.5. The van der Waals surface area contributed by atoms with Crippen LogP contribution in [0.15, 0.2) is 0 Å². The summed E-state index contributed by atoms with van der Waals surface area (Å²) in [5, 5.41) is 0. The van der Waals surface area contributed by atoms with Crippen LogP contribution in [-0.2, 0) is 0 Å². The van der Waals surface area contributed by atoms with Gasteiger partial charge in [-0.05, 0) is 18.3 Å². The first kappa shape index (κ1) is 15.7. The summed E-state index contributed by atoms with van der Waals surface area (Å²) in [5.41, 5.74) is 0. The summed E-state index contributed by atoms with van der Waals surface area (Å²) in [4.78, 5) is 0. The largest absolute Gasteiger partial charge is 0.254 e. The van der Waals surface area contributed by atoms with Gasteiger partial charge >= 0.3 is 0 Å². The molecule has 0 bridgehead atoms. The molecular weight excluding hydrogens is 220 g/mol. The van der Waals surface area contributed by atoms with Gasteiger partial charge in [0.2, 0.25) is 0 Å². The number of rotatable bonds is 7. The highest BCUT2D eigenvalue weighted by molar-refractivity contribution is 4.78. The maximum Gasteiger partial charge on any atom is 0.254 e.